The fourth-order valence-corrected chi connectivity index (χ4v) is 4.74. The van der Waals surface area contributed by atoms with Crippen LogP contribution in [0.2, 0.25) is 5.02 Å². The number of carbonyl (C=O) groups is 1. The van der Waals surface area contributed by atoms with Crippen molar-refractivity contribution < 1.29 is 13.2 Å². The average molecular weight is 404 g/mol. The van der Waals surface area contributed by atoms with Crippen molar-refractivity contribution in [2.75, 3.05) is 18.4 Å². The molecule has 1 fully saturated rings. The minimum atomic E-state index is -3.53. The van der Waals surface area contributed by atoms with Gasteiger partial charge in [0.1, 0.15) is 6.07 Å². The molecule has 0 bridgehead atoms. The Balaban J connectivity index is 1.61. The van der Waals surface area contributed by atoms with Crippen molar-refractivity contribution in [3.8, 4) is 6.07 Å². The van der Waals surface area contributed by atoms with E-state index in [0.29, 0.717) is 37.2 Å². The summed E-state index contributed by atoms with van der Waals surface area (Å²) in [5.41, 5.74) is 0.859. The van der Waals surface area contributed by atoms with Crippen LogP contribution in [0.25, 0.3) is 0 Å². The zero-order valence-electron chi connectivity index (χ0n) is 14.4. The Hall–Kier alpha value is -2.40. The first-order chi connectivity index (χ1) is 12.9. The Morgan fingerprint density at radius 3 is 2.41 bits per heavy atom. The summed E-state index contributed by atoms with van der Waals surface area (Å²) < 4.78 is 26.7. The highest BCUT2D eigenvalue weighted by molar-refractivity contribution is 7.89. The second kappa shape index (κ2) is 8.09. The van der Waals surface area contributed by atoms with Gasteiger partial charge in [-0.15, -0.1) is 0 Å². The van der Waals surface area contributed by atoms with Gasteiger partial charge < -0.3 is 5.32 Å². The van der Waals surface area contributed by atoms with Gasteiger partial charge in [-0.3, -0.25) is 4.79 Å². The van der Waals surface area contributed by atoms with Crippen LogP contribution in [0.1, 0.15) is 18.4 Å². The number of carbonyl (C=O) groups excluding carboxylic acids is 1. The molecule has 0 radical (unpaired) electrons. The lowest BCUT2D eigenvalue weighted by Crippen LogP contribution is -2.41. The Bertz CT molecular complexity index is 979. The van der Waals surface area contributed by atoms with Gasteiger partial charge in [0.2, 0.25) is 15.9 Å². The molecule has 1 saturated heterocycles. The van der Waals surface area contributed by atoms with Crippen molar-refractivity contribution in [2.24, 2.45) is 5.92 Å². The molecule has 0 atom stereocenters. The number of hydrogen-bond acceptors (Lipinski definition) is 4. The second-order valence-electron chi connectivity index (χ2n) is 6.29. The third kappa shape index (κ3) is 4.30. The van der Waals surface area contributed by atoms with E-state index in [1.54, 1.807) is 42.5 Å². The molecule has 3 rings (SSSR count). The van der Waals surface area contributed by atoms with Gasteiger partial charge in [0.05, 0.1) is 15.5 Å². The molecule has 1 aliphatic heterocycles. The highest BCUT2D eigenvalue weighted by atomic mass is 35.5. The van der Waals surface area contributed by atoms with E-state index in [9.17, 15) is 13.2 Å². The standard InChI is InChI=1S/C19H18ClN3O3S/c20-18-12-16(7-6-15(18)13-21)22-19(24)14-8-10-23(11-9-14)27(25,26)17-4-2-1-3-5-17/h1-7,12,14H,8-11H2,(H,22,24). The maximum absolute atomic E-state index is 12.6. The molecule has 1 N–H and O–H groups in total. The number of piperidine rings is 1. The van der Waals surface area contributed by atoms with Crippen molar-refractivity contribution in [1.29, 1.82) is 5.26 Å². The van der Waals surface area contributed by atoms with E-state index >= 15 is 0 Å². The van der Waals surface area contributed by atoms with E-state index in [2.05, 4.69) is 5.32 Å². The maximum atomic E-state index is 12.6. The second-order valence-corrected chi connectivity index (χ2v) is 8.63. The van der Waals surface area contributed by atoms with Gasteiger partial charge in [-0.05, 0) is 43.2 Å². The van der Waals surface area contributed by atoms with Crippen molar-refractivity contribution >= 4 is 33.2 Å². The predicted octanol–water partition coefficient (Wildman–Crippen LogP) is 3.25. The van der Waals surface area contributed by atoms with E-state index in [0.717, 1.165) is 0 Å². The maximum Gasteiger partial charge on any atom is 0.243 e. The molecular weight excluding hydrogens is 386 g/mol. The van der Waals surface area contributed by atoms with E-state index in [1.807, 2.05) is 6.07 Å². The van der Waals surface area contributed by atoms with E-state index in [1.165, 1.54) is 10.4 Å². The summed E-state index contributed by atoms with van der Waals surface area (Å²) in [5, 5.41) is 12.0. The Morgan fingerprint density at radius 1 is 1.15 bits per heavy atom. The molecule has 140 valence electrons. The van der Waals surface area contributed by atoms with Crippen molar-refractivity contribution in [3.05, 3.63) is 59.1 Å². The zero-order valence-corrected chi connectivity index (χ0v) is 16.0. The monoisotopic (exact) mass is 403 g/mol. The number of amides is 1. The van der Waals surface area contributed by atoms with Crippen LogP contribution in [-0.2, 0) is 14.8 Å². The van der Waals surface area contributed by atoms with E-state index in [4.69, 9.17) is 16.9 Å². The molecule has 1 heterocycles. The molecule has 1 aliphatic rings. The van der Waals surface area contributed by atoms with Crippen molar-refractivity contribution in [1.82, 2.24) is 4.31 Å². The summed E-state index contributed by atoms with van der Waals surface area (Å²) in [6, 6.07) is 15.0. The first kappa shape index (κ1) is 19.4. The third-order valence-electron chi connectivity index (χ3n) is 4.56. The van der Waals surface area contributed by atoms with Crippen LogP contribution in [0.15, 0.2) is 53.4 Å². The average Bonchev–Trinajstić information content (AvgIpc) is 2.69. The topological polar surface area (TPSA) is 90.3 Å². The summed E-state index contributed by atoms with van der Waals surface area (Å²) in [6.45, 7) is 0.590. The largest absolute Gasteiger partial charge is 0.326 e. The molecule has 0 unspecified atom stereocenters. The van der Waals surface area contributed by atoms with Crippen LogP contribution in [-0.4, -0.2) is 31.7 Å². The number of hydrogen-bond donors (Lipinski definition) is 1. The summed E-state index contributed by atoms with van der Waals surface area (Å²) in [7, 11) is -3.53. The quantitative estimate of drug-likeness (QED) is 0.848. The first-order valence-corrected chi connectivity index (χ1v) is 10.3. The Kier molecular flexibility index (Phi) is 5.80. The van der Waals surface area contributed by atoms with Gasteiger partial charge in [0.15, 0.2) is 0 Å². The normalized spacial score (nSPS) is 15.9. The smallest absolute Gasteiger partial charge is 0.243 e. The van der Waals surface area contributed by atoms with E-state index < -0.39 is 10.0 Å². The predicted molar refractivity (Wildman–Crippen MR) is 103 cm³/mol. The third-order valence-corrected chi connectivity index (χ3v) is 6.79. The van der Waals surface area contributed by atoms with Gasteiger partial charge >= 0.3 is 0 Å². The lowest BCUT2D eigenvalue weighted by Gasteiger charge is -2.30. The van der Waals surface area contributed by atoms with Crippen LogP contribution in [0.4, 0.5) is 5.69 Å². The van der Waals surface area contributed by atoms with Crippen LogP contribution < -0.4 is 5.32 Å². The molecule has 27 heavy (non-hydrogen) atoms. The summed E-state index contributed by atoms with van der Waals surface area (Å²) in [6.07, 6.45) is 0.893. The number of nitrogens with zero attached hydrogens (tertiary/aromatic N) is 2. The molecule has 0 aliphatic carbocycles. The highest BCUT2D eigenvalue weighted by Gasteiger charge is 2.32. The van der Waals surface area contributed by atoms with Gasteiger partial charge in [-0.2, -0.15) is 9.57 Å². The van der Waals surface area contributed by atoms with Gasteiger partial charge in [0, 0.05) is 24.7 Å². The van der Waals surface area contributed by atoms with Gasteiger partial charge in [-0.25, -0.2) is 8.42 Å². The number of sulfonamides is 1. The molecular formula is C19H18ClN3O3S. The Labute approximate surface area is 163 Å². The Morgan fingerprint density at radius 2 is 1.81 bits per heavy atom. The van der Waals surface area contributed by atoms with Crippen LogP contribution in [0, 0.1) is 17.2 Å². The zero-order chi connectivity index (χ0) is 19.4. The van der Waals surface area contributed by atoms with Gasteiger partial charge in [-0.1, -0.05) is 29.8 Å². The summed E-state index contributed by atoms with van der Waals surface area (Å²) in [5.74, 6) is -0.450. The molecule has 2 aromatic rings. The molecule has 1 amide bonds. The van der Waals surface area contributed by atoms with Crippen LogP contribution in [0.3, 0.4) is 0 Å². The SMILES string of the molecule is N#Cc1ccc(NC(=O)C2CCN(S(=O)(=O)c3ccccc3)CC2)cc1Cl. The molecule has 8 heteroatoms. The molecule has 2 aromatic carbocycles. The molecule has 0 aromatic heterocycles. The lowest BCUT2D eigenvalue weighted by molar-refractivity contribution is -0.120. The first-order valence-electron chi connectivity index (χ1n) is 8.47. The number of halogens is 1. The number of anilines is 1. The van der Waals surface area contributed by atoms with Crippen LogP contribution >= 0.6 is 11.6 Å². The fourth-order valence-electron chi connectivity index (χ4n) is 3.03. The van der Waals surface area contributed by atoms with Crippen molar-refractivity contribution in [2.45, 2.75) is 17.7 Å². The summed E-state index contributed by atoms with van der Waals surface area (Å²) >= 11 is 5.98. The number of benzene rings is 2. The number of rotatable bonds is 4. The molecule has 0 saturated carbocycles. The number of nitriles is 1. The minimum absolute atomic E-state index is 0.174. The van der Waals surface area contributed by atoms with E-state index in [-0.39, 0.29) is 21.7 Å². The lowest BCUT2D eigenvalue weighted by atomic mass is 9.97. The molecule has 0 spiro atoms. The highest BCUT2D eigenvalue weighted by Crippen LogP contribution is 2.26. The minimum Gasteiger partial charge on any atom is -0.326 e. The molecule has 6 nitrogen and oxygen atoms in total. The number of nitrogens with one attached hydrogen (secondary N) is 1. The summed E-state index contributed by atoms with van der Waals surface area (Å²) in [4.78, 5) is 12.7. The van der Waals surface area contributed by atoms with Gasteiger partial charge in [0.25, 0.3) is 0 Å². The van der Waals surface area contributed by atoms with Crippen LogP contribution in [0.5, 0.6) is 0 Å². The van der Waals surface area contributed by atoms with Crippen molar-refractivity contribution in [3.63, 3.8) is 0 Å². The fraction of sp³-hybridized carbons (Fsp3) is 0.263.